The minimum absolute atomic E-state index is 0.0278. The van der Waals surface area contributed by atoms with E-state index in [0.717, 1.165) is 115 Å². The molecule has 0 aliphatic carbocycles. The molecule has 7 N–H and O–H groups in total. The standard InChI is InChI=1S/C15H16OS.C12H18O2.C12H16O2.C12H18O.C11H16O3.C10H14O.C5H12O2/c1-2-12-7-3-5-9-14(12)17-15-10-6-4-8-13(15)11-16;2*1-2-3-6-11-7-4-5-8-12(11)14-10-9-13;1-2-6-11-7-3-4-8-12(11)9-5-10-13;1-2-7-13-10-4-3-5-11(9-10)14-8-6-12;1-2-4-9-5-3-6-10(7-9)8-11;1-2-4-7-5-3-6/h3-10,16H,2,11H2,1H3;4-5,7-8,13H,2-3,6,9-10H2,1H3;3-8,13H,2,9-10H2,1H3;3-4,7-8,13H,2,5-6,9-10H2,1H3;3-5,9,12H,2,6-8H2,1H3;3,5-7,11H,2,4,8H2,1H3;6H,2-5H2,1H3/b;;6-3+;;;;. The van der Waals surface area contributed by atoms with Crippen LogP contribution in [0.3, 0.4) is 0 Å². The maximum Gasteiger partial charge on any atom is 0.126 e. The smallest absolute Gasteiger partial charge is 0.126 e. The van der Waals surface area contributed by atoms with Crippen molar-refractivity contribution in [3.8, 4) is 23.0 Å². The molecule has 0 fully saturated rings. The molecule has 0 aliphatic rings. The van der Waals surface area contributed by atoms with Gasteiger partial charge < -0.3 is 59.4 Å². The van der Waals surface area contributed by atoms with Gasteiger partial charge >= 0.3 is 0 Å². The summed E-state index contributed by atoms with van der Waals surface area (Å²) < 4.78 is 26.4. The van der Waals surface area contributed by atoms with Gasteiger partial charge in [0.1, 0.15) is 42.8 Å². The van der Waals surface area contributed by atoms with Gasteiger partial charge in [-0.05, 0) is 140 Å². The Kier molecular flexibility index (Phi) is 52.2. The van der Waals surface area contributed by atoms with Crippen molar-refractivity contribution < 1.29 is 59.4 Å². The van der Waals surface area contributed by atoms with E-state index < -0.39 is 0 Å². The lowest BCUT2D eigenvalue weighted by atomic mass is 10.00. The molecule has 0 heterocycles. The van der Waals surface area contributed by atoms with Gasteiger partial charge in [-0.1, -0.05) is 219 Å². The Morgan fingerprint density at radius 3 is 1.42 bits per heavy atom. The molecule has 0 unspecified atom stereocenters. The largest absolute Gasteiger partial charge is 0.493 e. The zero-order valence-electron chi connectivity index (χ0n) is 55.3. The number of hydrogen-bond donors (Lipinski definition) is 7. The van der Waals surface area contributed by atoms with Crippen LogP contribution in [-0.2, 0) is 50.1 Å². The molecule has 496 valence electrons. The highest BCUT2D eigenvalue weighted by atomic mass is 32.2. The van der Waals surface area contributed by atoms with Crippen molar-refractivity contribution in [3.63, 3.8) is 0 Å². The zero-order chi connectivity index (χ0) is 65.9. The average Bonchev–Trinajstić information content (AvgIpc) is 3.77. The van der Waals surface area contributed by atoms with E-state index in [-0.39, 0.29) is 39.6 Å². The van der Waals surface area contributed by atoms with Crippen LogP contribution in [0.2, 0.25) is 0 Å². The second-order valence-electron chi connectivity index (χ2n) is 20.3. The number of aliphatic hydroxyl groups excluding tert-OH is 7. The van der Waals surface area contributed by atoms with Crippen LogP contribution in [0.4, 0.5) is 0 Å². The lowest BCUT2D eigenvalue weighted by Crippen LogP contribution is -2.03. The summed E-state index contributed by atoms with van der Waals surface area (Å²) in [5.74, 6) is 3.27. The van der Waals surface area contributed by atoms with E-state index in [1.807, 2.05) is 110 Å². The van der Waals surface area contributed by atoms with Crippen LogP contribution in [0.5, 0.6) is 23.0 Å². The molecular formula is C77H110O12S. The molecular weight excluding hydrogens is 1150 g/mol. The molecule has 7 aromatic rings. The van der Waals surface area contributed by atoms with Crippen LogP contribution < -0.4 is 18.9 Å². The average molecular weight is 1260 g/mol. The lowest BCUT2D eigenvalue weighted by molar-refractivity contribution is 0.0928. The molecule has 12 nitrogen and oxygen atoms in total. The van der Waals surface area contributed by atoms with Crippen LogP contribution in [0, 0.1) is 0 Å². The van der Waals surface area contributed by atoms with Crippen molar-refractivity contribution >= 4 is 17.8 Å². The third-order valence-electron chi connectivity index (χ3n) is 12.8. The molecule has 0 atom stereocenters. The molecule has 7 rings (SSSR count). The number of allylic oxidation sites excluding steroid dienone is 1. The van der Waals surface area contributed by atoms with Crippen LogP contribution in [-0.4, -0.2) is 108 Å². The van der Waals surface area contributed by atoms with Crippen molar-refractivity contribution in [2.45, 2.75) is 155 Å². The summed E-state index contributed by atoms with van der Waals surface area (Å²) >= 11 is 1.73. The maximum absolute atomic E-state index is 9.31. The molecule has 0 aromatic heterocycles. The fourth-order valence-corrected chi connectivity index (χ4v) is 9.51. The Labute approximate surface area is 545 Å². The van der Waals surface area contributed by atoms with Gasteiger partial charge in [0.05, 0.1) is 52.9 Å². The van der Waals surface area contributed by atoms with Gasteiger partial charge in [0.25, 0.3) is 0 Å². The summed E-state index contributed by atoms with van der Waals surface area (Å²) in [6, 6.07) is 56.3. The van der Waals surface area contributed by atoms with E-state index in [1.54, 1.807) is 11.8 Å². The quantitative estimate of drug-likeness (QED) is 0.0193. The minimum atomic E-state index is 0.0278. The van der Waals surface area contributed by atoms with Gasteiger partial charge in [0, 0.05) is 34.6 Å². The van der Waals surface area contributed by atoms with Crippen molar-refractivity contribution in [2.24, 2.45) is 0 Å². The van der Waals surface area contributed by atoms with Crippen LogP contribution in [0.1, 0.15) is 144 Å². The summed E-state index contributed by atoms with van der Waals surface area (Å²) in [5.41, 5.74) is 9.81. The summed E-state index contributed by atoms with van der Waals surface area (Å²) in [7, 11) is 0. The van der Waals surface area contributed by atoms with E-state index >= 15 is 0 Å². The molecule has 13 heteroatoms. The monoisotopic (exact) mass is 1260 g/mol. The van der Waals surface area contributed by atoms with Crippen molar-refractivity contribution in [3.05, 3.63) is 220 Å². The molecule has 7 aromatic carbocycles. The fraction of sp³-hybridized carbons (Fsp3) is 0.429. The topological polar surface area (TPSA) is 188 Å². The van der Waals surface area contributed by atoms with Gasteiger partial charge in [-0.3, -0.25) is 0 Å². The molecule has 0 saturated heterocycles. The summed E-state index contributed by atoms with van der Waals surface area (Å²) in [6.07, 6.45) is 18.1. The lowest BCUT2D eigenvalue weighted by Gasteiger charge is -2.09. The first-order valence-corrected chi connectivity index (χ1v) is 33.2. The van der Waals surface area contributed by atoms with Crippen molar-refractivity contribution in [1.82, 2.24) is 0 Å². The molecule has 0 saturated carbocycles. The SMILES string of the molecule is CC/C=C/c1ccccc1OCCO.CCCCc1ccccc1OCCO.CCCOCCO.CCCOc1cccc(OCCO)c1.CCCc1cccc(CO)c1.CCCc1ccccc1CCCO.CCc1ccccc1Sc1ccccc1CO. The predicted molar refractivity (Wildman–Crippen MR) is 373 cm³/mol. The number of unbranched alkanes of at least 4 members (excludes halogenated alkanes) is 1. The second-order valence-corrected chi connectivity index (χ2v) is 21.4. The number of aryl methyl sites for hydroxylation is 5. The Morgan fingerprint density at radius 2 is 0.856 bits per heavy atom. The van der Waals surface area contributed by atoms with E-state index in [1.165, 1.54) is 52.0 Å². The minimum Gasteiger partial charge on any atom is -0.493 e. The first-order valence-electron chi connectivity index (χ1n) is 32.4. The Bertz CT molecular complexity index is 2710. The first-order chi connectivity index (χ1) is 44.1. The van der Waals surface area contributed by atoms with Crippen LogP contribution in [0.15, 0.2) is 186 Å². The number of aliphatic hydroxyl groups is 7. The highest BCUT2D eigenvalue weighted by molar-refractivity contribution is 7.99. The number of ether oxygens (including phenoxy) is 5. The Morgan fingerprint density at radius 1 is 0.356 bits per heavy atom. The van der Waals surface area contributed by atoms with E-state index in [9.17, 15) is 5.11 Å². The molecule has 0 radical (unpaired) electrons. The third-order valence-corrected chi connectivity index (χ3v) is 14.1. The number of benzene rings is 7. The number of para-hydroxylation sites is 2. The first kappa shape index (κ1) is 81.5. The fourth-order valence-electron chi connectivity index (χ4n) is 8.38. The molecule has 0 spiro atoms. The van der Waals surface area contributed by atoms with Gasteiger partial charge in [0.15, 0.2) is 0 Å². The maximum atomic E-state index is 9.31. The van der Waals surface area contributed by atoms with Crippen LogP contribution >= 0.6 is 11.8 Å². The van der Waals surface area contributed by atoms with Crippen LogP contribution in [0.25, 0.3) is 6.08 Å². The number of rotatable bonds is 33. The van der Waals surface area contributed by atoms with E-state index in [2.05, 4.69) is 120 Å². The third kappa shape index (κ3) is 38.9. The zero-order valence-corrected chi connectivity index (χ0v) is 56.1. The second kappa shape index (κ2) is 57.7. The normalized spacial score (nSPS) is 10.2. The summed E-state index contributed by atoms with van der Waals surface area (Å²) in [4.78, 5) is 2.41. The summed E-state index contributed by atoms with van der Waals surface area (Å²) in [5, 5.41) is 61.0. The van der Waals surface area contributed by atoms with Gasteiger partial charge in [0.2, 0.25) is 0 Å². The molecule has 0 amide bonds. The van der Waals surface area contributed by atoms with Gasteiger partial charge in [-0.15, -0.1) is 0 Å². The molecule has 90 heavy (non-hydrogen) atoms. The molecule has 0 bridgehead atoms. The van der Waals surface area contributed by atoms with Gasteiger partial charge in [-0.2, -0.15) is 0 Å². The van der Waals surface area contributed by atoms with Gasteiger partial charge in [-0.25, -0.2) is 0 Å². The number of hydrogen-bond acceptors (Lipinski definition) is 13. The highest BCUT2D eigenvalue weighted by Gasteiger charge is 2.07. The van der Waals surface area contributed by atoms with Crippen molar-refractivity contribution in [1.29, 1.82) is 0 Å². The Hall–Kier alpha value is -6.49. The molecule has 0 aliphatic heterocycles. The van der Waals surface area contributed by atoms with E-state index in [4.69, 9.17) is 54.3 Å². The Balaban J connectivity index is 0.000000531. The highest BCUT2D eigenvalue weighted by Crippen LogP contribution is 2.33. The van der Waals surface area contributed by atoms with E-state index in [0.29, 0.717) is 39.6 Å². The summed E-state index contributed by atoms with van der Waals surface area (Å²) in [6.45, 7) is 18.7. The van der Waals surface area contributed by atoms with Crippen molar-refractivity contribution in [2.75, 3.05) is 72.7 Å². The predicted octanol–water partition coefficient (Wildman–Crippen LogP) is 15.7.